The number of amides is 1. The van der Waals surface area contributed by atoms with Crippen LogP contribution in [0.4, 0.5) is 0 Å². The minimum atomic E-state index is -3.76. The highest BCUT2D eigenvalue weighted by atomic mass is 35.5. The minimum absolute atomic E-state index is 0.0148. The predicted octanol–water partition coefficient (Wildman–Crippen LogP) is 4.05. The number of hydrogen-bond acceptors (Lipinski definition) is 4. The van der Waals surface area contributed by atoms with E-state index in [4.69, 9.17) is 11.6 Å². The minimum Gasteiger partial charge on any atom is -0.340 e. The molecule has 1 saturated heterocycles. The highest BCUT2D eigenvalue weighted by Crippen LogP contribution is 2.28. The Morgan fingerprint density at radius 3 is 2.55 bits per heavy atom. The molecule has 0 bridgehead atoms. The number of hydrogen-bond donors (Lipinski definition) is 1. The van der Waals surface area contributed by atoms with Gasteiger partial charge in [-0.25, -0.2) is 13.4 Å². The molecule has 164 valence electrons. The van der Waals surface area contributed by atoms with Crippen LogP contribution in [0.15, 0.2) is 47.4 Å². The summed E-state index contributed by atoms with van der Waals surface area (Å²) in [5.41, 5.74) is 2.00. The molecule has 1 N–H and O–H groups in total. The Bertz CT molecular complexity index is 1170. The molecule has 0 aliphatic carbocycles. The molecule has 7 nitrogen and oxygen atoms in total. The second-order valence-corrected chi connectivity index (χ2v) is 10.1. The first-order valence-corrected chi connectivity index (χ1v) is 12.2. The van der Waals surface area contributed by atoms with Crippen LogP contribution in [-0.2, 0) is 16.6 Å². The smallest absolute Gasteiger partial charge is 0.254 e. The highest BCUT2D eigenvalue weighted by Gasteiger charge is 2.28. The Morgan fingerprint density at radius 2 is 1.84 bits per heavy atom. The number of fused-ring (bicyclic) bond motifs is 1. The molecule has 2 heterocycles. The number of imidazole rings is 1. The van der Waals surface area contributed by atoms with Crippen LogP contribution in [0.5, 0.6) is 0 Å². The fourth-order valence-electron chi connectivity index (χ4n) is 3.85. The van der Waals surface area contributed by atoms with Crippen LogP contribution < -0.4 is 0 Å². The van der Waals surface area contributed by atoms with Gasteiger partial charge in [0.2, 0.25) is 10.0 Å². The lowest BCUT2D eigenvalue weighted by molar-refractivity contribution is 0.0781. The van der Waals surface area contributed by atoms with E-state index in [2.05, 4.69) is 9.97 Å². The van der Waals surface area contributed by atoms with Gasteiger partial charge in [-0.15, -0.1) is 0 Å². The number of H-pyrrole nitrogens is 1. The summed E-state index contributed by atoms with van der Waals surface area (Å²) in [6, 6.07) is 12.1. The Hall–Kier alpha value is -2.42. The van der Waals surface area contributed by atoms with Gasteiger partial charge in [0.1, 0.15) is 10.7 Å². The number of carbonyl (C=O) groups is 1. The summed E-state index contributed by atoms with van der Waals surface area (Å²) in [5.74, 6) is 0.355. The van der Waals surface area contributed by atoms with E-state index in [9.17, 15) is 13.2 Å². The van der Waals surface area contributed by atoms with Crippen molar-refractivity contribution in [1.82, 2.24) is 19.2 Å². The number of carbonyl (C=O) groups excluding carboxylic acids is 1. The Labute approximate surface area is 187 Å². The van der Waals surface area contributed by atoms with Crippen molar-refractivity contribution in [2.45, 2.75) is 37.1 Å². The topological polar surface area (TPSA) is 86.4 Å². The average molecular weight is 461 g/mol. The number of para-hydroxylation sites is 2. The molecule has 31 heavy (non-hydrogen) atoms. The first-order valence-electron chi connectivity index (χ1n) is 10.3. The molecular formula is C22H25ClN4O3S. The van der Waals surface area contributed by atoms with E-state index in [-0.39, 0.29) is 27.9 Å². The standard InChI is InChI=1S/C22H25ClN4O3S/c1-26(15-21-24-18-8-4-5-9-19(18)25-21)22(28)16-10-11-17(23)20(14-16)31(29,30)27-12-6-2-3-7-13-27/h4-5,8-11,14H,2-3,6-7,12-13,15H2,1H3,(H,24,25). The quantitative estimate of drug-likeness (QED) is 0.622. The van der Waals surface area contributed by atoms with Gasteiger partial charge in [-0.1, -0.05) is 36.6 Å². The van der Waals surface area contributed by atoms with E-state index in [1.165, 1.54) is 21.3 Å². The van der Waals surface area contributed by atoms with E-state index < -0.39 is 10.0 Å². The molecule has 3 aromatic rings. The number of nitrogens with zero attached hydrogens (tertiary/aromatic N) is 3. The van der Waals surface area contributed by atoms with Gasteiger partial charge in [0.25, 0.3) is 5.91 Å². The van der Waals surface area contributed by atoms with E-state index in [1.54, 1.807) is 13.1 Å². The SMILES string of the molecule is CN(Cc1nc2ccccc2[nH]1)C(=O)c1ccc(Cl)c(S(=O)(=O)N2CCCCCC2)c1. The van der Waals surface area contributed by atoms with Crippen LogP contribution in [-0.4, -0.2) is 53.6 Å². The van der Waals surface area contributed by atoms with Crippen LogP contribution in [0, 0.1) is 0 Å². The maximum absolute atomic E-state index is 13.2. The molecule has 1 fully saturated rings. The van der Waals surface area contributed by atoms with Gasteiger partial charge < -0.3 is 9.88 Å². The Morgan fingerprint density at radius 1 is 1.13 bits per heavy atom. The number of aromatic amines is 1. The molecule has 4 rings (SSSR count). The van der Waals surface area contributed by atoms with Crippen LogP contribution >= 0.6 is 11.6 Å². The van der Waals surface area contributed by atoms with Gasteiger partial charge >= 0.3 is 0 Å². The maximum atomic E-state index is 13.2. The number of halogens is 1. The lowest BCUT2D eigenvalue weighted by Gasteiger charge is -2.21. The third-order valence-corrected chi connectivity index (χ3v) is 7.91. The highest BCUT2D eigenvalue weighted by molar-refractivity contribution is 7.89. The van der Waals surface area contributed by atoms with Gasteiger partial charge in [-0.2, -0.15) is 4.31 Å². The van der Waals surface area contributed by atoms with Gasteiger partial charge in [-0.05, 0) is 43.2 Å². The molecule has 0 radical (unpaired) electrons. The molecule has 0 atom stereocenters. The van der Waals surface area contributed by atoms with Crippen molar-refractivity contribution in [3.63, 3.8) is 0 Å². The summed E-state index contributed by atoms with van der Waals surface area (Å²) in [6.45, 7) is 1.22. The van der Waals surface area contributed by atoms with Crippen molar-refractivity contribution >= 4 is 38.6 Å². The van der Waals surface area contributed by atoms with E-state index in [0.717, 1.165) is 36.7 Å². The van der Waals surface area contributed by atoms with E-state index >= 15 is 0 Å². The summed E-state index contributed by atoms with van der Waals surface area (Å²) in [5, 5.41) is 0.126. The monoisotopic (exact) mass is 460 g/mol. The lowest BCUT2D eigenvalue weighted by atomic mass is 10.2. The largest absolute Gasteiger partial charge is 0.340 e. The number of aromatic nitrogens is 2. The van der Waals surface area contributed by atoms with Gasteiger partial charge in [-0.3, -0.25) is 4.79 Å². The third-order valence-electron chi connectivity index (χ3n) is 5.53. The molecular weight excluding hydrogens is 436 g/mol. The molecule has 1 aromatic heterocycles. The van der Waals surface area contributed by atoms with Crippen molar-refractivity contribution in [1.29, 1.82) is 0 Å². The number of nitrogens with one attached hydrogen (secondary N) is 1. The second-order valence-electron chi connectivity index (χ2n) is 7.83. The molecule has 9 heteroatoms. The van der Waals surface area contributed by atoms with Crippen molar-refractivity contribution in [2.75, 3.05) is 20.1 Å². The van der Waals surface area contributed by atoms with E-state index in [1.807, 2.05) is 24.3 Å². The van der Waals surface area contributed by atoms with Crippen LogP contribution in [0.3, 0.4) is 0 Å². The van der Waals surface area contributed by atoms with Crippen molar-refractivity contribution < 1.29 is 13.2 Å². The fraction of sp³-hybridized carbons (Fsp3) is 0.364. The molecule has 0 unspecified atom stereocenters. The lowest BCUT2D eigenvalue weighted by Crippen LogP contribution is -2.32. The molecule has 0 saturated carbocycles. The van der Waals surface area contributed by atoms with Crippen molar-refractivity contribution in [3.05, 3.63) is 58.9 Å². The summed E-state index contributed by atoms with van der Waals surface area (Å²) < 4.78 is 27.9. The molecule has 0 spiro atoms. The molecule has 1 amide bonds. The van der Waals surface area contributed by atoms with Gasteiger partial charge in [0.05, 0.1) is 22.6 Å². The summed E-state index contributed by atoms with van der Waals surface area (Å²) in [4.78, 5) is 22.2. The zero-order chi connectivity index (χ0) is 22.0. The molecule has 1 aliphatic rings. The zero-order valence-corrected chi connectivity index (χ0v) is 18.9. The average Bonchev–Trinajstić information content (AvgIpc) is 2.95. The van der Waals surface area contributed by atoms with E-state index in [0.29, 0.717) is 18.9 Å². The normalized spacial score (nSPS) is 15.7. The van der Waals surface area contributed by atoms with Gasteiger partial charge in [0.15, 0.2) is 0 Å². The predicted molar refractivity (Wildman–Crippen MR) is 121 cm³/mol. The van der Waals surface area contributed by atoms with Crippen LogP contribution in [0.2, 0.25) is 5.02 Å². The maximum Gasteiger partial charge on any atom is 0.254 e. The fourth-order valence-corrected chi connectivity index (χ4v) is 5.87. The summed E-state index contributed by atoms with van der Waals surface area (Å²) in [6.07, 6.45) is 3.70. The summed E-state index contributed by atoms with van der Waals surface area (Å²) >= 11 is 6.25. The Kier molecular flexibility index (Phi) is 6.31. The second kappa shape index (κ2) is 8.98. The number of benzene rings is 2. The first-order chi connectivity index (χ1) is 14.9. The summed E-state index contributed by atoms with van der Waals surface area (Å²) in [7, 11) is -2.10. The Balaban J connectivity index is 1.57. The first kappa shape index (κ1) is 21.8. The van der Waals surface area contributed by atoms with Crippen LogP contribution in [0.25, 0.3) is 11.0 Å². The van der Waals surface area contributed by atoms with Gasteiger partial charge in [0, 0.05) is 25.7 Å². The number of rotatable bonds is 5. The molecule has 1 aliphatic heterocycles. The van der Waals surface area contributed by atoms with Crippen LogP contribution in [0.1, 0.15) is 41.9 Å². The number of sulfonamides is 1. The van der Waals surface area contributed by atoms with Crippen molar-refractivity contribution in [2.24, 2.45) is 0 Å². The third kappa shape index (κ3) is 4.61. The van der Waals surface area contributed by atoms with Crippen molar-refractivity contribution in [3.8, 4) is 0 Å². The zero-order valence-electron chi connectivity index (χ0n) is 17.3. The molecule has 2 aromatic carbocycles.